The number of nitrogens with two attached hydrogens (primary N) is 1. The summed E-state index contributed by atoms with van der Waals surface area (Å²) in [6.07, 6.45) is 11.0. The summed E-state index contributed by atoms with van der Waals surface area (Å²) in [5.41, 5.74) is 9.01. The van der Waals surface area contributed by atoms with Gasteiger partial charge in [0.25, 0.3) is 0 Å². The lowest BCUT2D eigenvalue weighted by Crippen LogP contribution is -2.34. The summed E-state index contributed by atoms with van der Waals surface area (Å²) in [4.78, 5) is 23.8. The first kappa shape index (κ1) is 30.2. The molecule has 3 aliphatic rings. The number of amides is 2. The summed E-state index contributed by atoms with van der Waals surface area (Å²) in [5, 5.41) is 4.37. The summed E-state index contributed by atoms with van der Waals surface area (Å²) in [7, 11) is 0. The number of hydrogen-bond donors (Lipinski definition) is 2. The molecule has 0 spiro atoms. The number of primary amides is 1. The van der Waals surface area contributed by atoms with Crippen molar-refractivity contribution < 1.29 is 9.59 Å². The lowest BCUT2D eigenvalue weighted by atomic mass is 9.80. The Labute approximate surface area is 238 Å². The topological polar surface area (TPSA) is 75.4 Å². The number of likely N-dealkylation sites (tertiary alicyclic amines) is 1. The highest BCUT2D eigenvalue weighted by Crippen LogP contribution is 2.51. The number of anilines is 1. The van der Waals surface area contributed by atoms with E-state index in [0.29, 0.717) is 11.5 Å². The van der Waals surface area contributed by atoms with E-state index in [4.69, 9.17) is 17.3 Å². The van der Waals surface area contributed by atoms with Crippen LogP contribution in [0, 0.1) is 5.92 Å². The number of fused-ring (bicyclic) bond motifs is 3. The number of nitrogens with zero attached hydrogens (tertiary/aromatic N) is 1. The van der Waals surface area contributed by atoms with Crippen molar-refractivity contribution >= 4 is 29.6 Å². The number of halogens is 1. The molecule has 2 heterocycles. The molecule has 6 heteroatoms. The molecule has 6 rings (SSSR count). The van der Waals surface area contributed by atoms with Gasteiger partial charge in [0.05, 0.1) is 12.1 Å². The minimum absolute atomic E-state index is 0.109. The molecule has 2 aliphatic heterocycles. The van der Waals surface area contributed by atoms with E-state index in [9.17, 15) is 9.59 Å². The maximum Gasteiger partial charge on any atom is 0.248 e. The summed E-state index contributed by atoms with van der Waals surface area (Å²) in [5.74, 6) is -0.00540. The summed E-state index contributed by atoms with van der Waals surface area (Å²) >= 11 is 6.18. The minimum Gasteiger partial charge on any atom is -0.378 e. The molecule has 1 aliphatic carbocycles. The zero-order chi connectivity index (χ0) is 28.0. The summed E-state index contributed by atoms with van der Waals surface area (Å²) in [6.45, 7) is 4.80. The molecule has 1 saturated heterocycles. The molecule has 39 heavy (non-hydrogen) atoms. The maximum absolute atomic E-state index is 11.5. The molecule has 3 aromatic carbocycles. The van der Waals surface area contributed by atoms with Gasteiger partial charge in [-0.1, -0.05) is 113 Å². The van der Waals surface area contributed by atoms with Crippen molar-refractivity contribution in [1.29, 1.82) is 0 Å². The lowest BCUT2D eigenvalue weighted by Gasteiger charge is -2.39. The van der Waals surface area contributed by atoms with E-state index in [1.807, 2.05) is 49.1 Å². The highest BCUT2D eigenvalue weighted by atomic mass is 35.5. The monoisotopic (exact) mass is 547 g/mol. The molecule has 0 aromatic heterocycles. The fourth-order valence-electron chi connectivity index (χ4n) is 5.56. The van der Waals surface area contributed by atoms with Crippen LogP contribution in [0.1, 0.15) is 92.4 Å². The highest BCUT2D eigenvalue weighted by Gasteiger charge is 2.44. The van der Waals surface area contributed by atoms with E-state index < -0.39 is 0 Å². The first-order chi connectivity index (χ1) is 19.1. The molecule has 208 valence electrons. The second kappa shape index (κ2) is 15.9. The van der Waals surface area contributed by atoms with Crippen LogP contribution in [-0.2, 0) is 4.79 Å². The lowest BCUT2D eigenvalue weighted by molar-refractivity contribution is -0.119. The number of benzene rings is 3. The number of carbonyl (C=O) groups excluding carboxylic acids is 2. The Morgan fingerprint density at radius 1 is 0.897 bits per heavy atom. The fraction of sp³-hybridized carbons (Fsp3) is 0.394. The number of carbonyl (C=O) groups is 2. The minimum atomic E-state index is -0.379. The standard InChI is InChI=1S/C18H17ClN2O.C7H7NO.C6H12.C2H6/c19-13-6-7-16-15(10-13)18-14(8-9-21(18)11-22)17(20-16)12-4-2-1-3-5-12;8-7(9)6-4-2-1-3-5-6;1-2-4-6-5-3-1;1-2/h1-7,10-11,14,17-18,20H,8-9H2;1-5H,(H2,8,9);1-6H2;1-2H3. The normalized spacial score (nSPS) is 20.6. The van der Waals surface area contributed by atoms with Crippen molar-refractivity contribution in [2.45, 2.75) is 70.9 Å². The van der Waals surface area contributed by atoms with Crippen LogP contribution in [0.15, 0.2) is 78.9 Å². The third-order valence-electron chi connectivity index (χ3n) is 7.41. The number of hydrogen-bond acceptors (Lipinski definition) is 3. The molecular formula is C33H42ClN3O2. The van der Waals surface area contributed by atoms with Crippen molar-refractivity contribution in [2.75, 3.05) is 11.9 Å². The molecule has 3 unspecified atom stereocenters. The molecule has 0 bridgehead atoms. The van der Waals surface area contributed by atoms with Crippen LogP contribution < -0.4 is 11.1 Å². The molecular weight excluding hydrogens is 506 g/mol. The second-order valence-corrected chi connectivity index (χ2v) is 10.3. The Morgan fingerprint density at radius 2 is 1.46 bits per heavy atom. The molecule has 3 N–H and O–H groups in total. The largest absolute Gasteiger partial charge is 0.378 e. The fourth-order valence-corrected chi connectivity index (χ4v) is 5.74. The van der Waals surface area contributed by atoms with Crippen LogP contribution in [-0.4, -0.2) is 23.8 Å². The molecule has 2 fully saturated rings. The third-order valence-corrected chi connectivity index (χ3v) is 7.64. The third kappa shape index (κ3) is 8.34. The van der Waals surface area contributed by atoms with Gasteiger partial charge in [0.1, 0.15) is 0 Å². The molecule has 2 amide bonds. The predicted molar refractivity (Wildman–Crippen MR) is 162 cm³/mol. The maximum atomic E-state index is 11.5. The van der Waals surface area contributed by atoms with Crippen LogP contribution in [0.3, 0.4) is 0 Å². The van der Waals surface area contributed by atoms with Gasteiger partial charge < -0.3 is 16.0 Å². The van der Waals surface area contributed by atoms with Gasteiger partial charge in [0.15, 0.2) is 0 Å². The molecule has 3 atom stereocenters. The summed E-state index contributed by atoms with van der Waals surface area (Å²) < 4.78 is 0. The van der Waals surface area contributed by atoms with Crippen molar-refractivity contribution in [3.63, 3.8) is 0 Å². The predicted octanol–water partition coefficient (Wildman–Crippen LogP) is 8.18. The van der Waals surface area contributed by atoms with E-state index in [2.05, 4.69) is 29.6 Å². The molecule has 5 nitrogen and oxygen atoms in total. The first-order valence-corrected chi connectivity index (χ1v) is 14.6. The summed E-state index contributed by atoms with van der Waals surface area (Å²) in [6, 6.07) is 25.5. The Kier molecular flexibility index (Phi) is 12.4. The van der Waals surface area contributed by atoms with Crippen LogP contribution in [0.5, 0.6) is 0 Å². The smallest absolute Gasteiger partial charge is 0.248 e. The average Bonchev–Trinajstić information content (AvgIpc) is 3.45. The van der Waals surface area contributed by atoms with Crippen LogP contribution in [0.2, 0.25) is 5.02 Å². The van der Waals surface area contributed by atoms with Gasteiger partial charge >= 0.3 is 0 Å². The first-order valence-electron chi connectivity index (χ1n) is 14.3. The van der Waals surface area contributed by atoms with Crippen molar-refractivity contribution in [3.8, 4) is 0 Å². The number of rotatable bonds is 3. The Balaban J connectivity index is 0.000000203. The highest BCUT2D eigenvalue weighted by molar-refractivity contribution is 6.30. The van der Waals surface area contributed by atoms with Gasteiger partial charge in [0.2, 0.25) is 12.3 Å². The molecule has 3 aromatic rings. The van der Waals surface area contributed by atoms with Gasteiger partial charge in [-0.05, 0) is 47.9 Å². The van der Waals surface area contributed by atoms with E-state index >= 15 is 0 Å². The second-order valence-electron chi connectivity index (χ2n) is 9.86. The van der Waals surface area contributed by atoms with Gasteiger partial charge in [0, 0.05) is 28.7 Å². The van der Waals surface area contributed by atoms with E-state index in [1.165, 1.54) is 44.1 Å². The molecule has 1 saturated carbocycles. The van der Waals surface area contributed by atoms with Crippen molar-refractivity contribution in [1.82, 2.24) is 4.90 Å². The zero-order valence-electron chi connectivity index (χ0n) is 23.2. The number of nitrogens with one attached hydrogen (secondary N) is 1. The Morgan fingerprint density at radius 3 is 1.97 bits per heavy atom. The van der Waals surface area contributed by atoms with Gasteiger partial charge in [-0.3, -0.25) is 9.59 Å². The Hall–Kier alpha value is -3.31. The van der Waals surface area contributed by atoms with Gasteiger partial charge in [-0.2, -0.15) is 0 Å². The molecule has 0 radical (unpaired) electrons. The van der Waals surface area contributed by atoms with Crippen molar-refractivity contribution in [3.05, 3.63) is 101 Å². The van der Waals surface area contributed by atoms with E-state index in [1.54, 1.807) is 24.3 Å². The Bertz CT molecular complexity index is 1140. The zero-order valence-corrected chi connectivity index (χ0v) is 23.9. The van der Waals surface area contributed by atoms with Crippen LogP contribution in [0.4, 0.5) is 5.69 Å². The SMILES string of the molecule is C1CCCCC1.CC.NC(=O)c1ccccc1.O=CN1CCC2C(c3ccccc3)Nc3ccc(Cl)cc3C21. The van der Waals surface area contributed by atoms with Crippen LogP contribution >= 0.6 is 11.6 Å². The van der Waals surface area contributed by atoms with Gasteiger partial charge in [-0.15, -0.1) is 0 Å². The van der Waals surface area contributed by atoms with Gasteiger partial charge in [-0.25, -0.2) is 0 Å². The van der Waals surface area contributed by atoms with E-state index in [-0.39, 0.29) is 18.0 Å². The van der Waals surface area contributed by atoms with Crippen molar-refractivity contribution in [2.24, 2.45) is 11.7 Å². The quantitative estimate of drug-likeness (QED) is 0.324. The average molecular weight is 548 g/mol. The van der Waals surface area contributed by atoms with Crippen LogP contribution in [0.25, 0.3) is 0 Å². The van der Waals surface area contributed by atoms with E-state index in [0.717, 1.165) is 35.6 Å².